The Balaban J connectivity index is 1.24. The lowest BCUT2D eigenvalue weighted by molar-refractivity contribution is -0.138. The molecule has 0 aromatic heterocycles. The van der Waals surface area contributed by atoms with E-state index in [4.69, 9.17) is 4.74 Å². The predicted molar refractivity (Wildman–Crippen MR) is 137 cm³/mol. The monoisotopic (exact) mass is 515 g/mol. The molecule has 0 unspecified atom stereocenters. The van der Waals surface area contributed by atoms with Crippen molar-refractivity contribution in [1.82, 2.24) is 10.6 Å². The second-order valence-electron chi connectivity index (χ2n) is 10.6. The normalized spacial score (nSPS) is 26.0. The summed E-state index contributed by atoms with van der Waals surface area (Å²) in [7, 11) is 0. The van der Waals surface area contributed by atoms with E-state index < -0.39 is 17.8 Å². The molecule has 3 N–H and O–H groups in total. The van der Waals surface area contributed by atoms with Crippen molar-refractivity contribution in [2.75, 3.05) is 25.0 Å². The Kier molecular flexibility index (Phi) is 8.05. The molecule has 5 nitrogen and oxygen atoms in total. The summed E-state index contributed by atoms with van der Waals surface area (Å²) in [5, 5.41) is 9.87. The molecular weight excluding hydrogens is 479 g/mol. The number of benzene rings is 2. The van der Waals surface area contributed by atoms with Crippen LogP contribution < -0.4 is 16.0 Å². The number of halogens is 3. The average Bonchev–Trinajstić information content (AvgIpc) is 2.91. The van der Waals surface area contributed by atoms with Gasteiger partial charge in [-0.2, -0.15) is 13.2 Å². The van der Waals surface area contributed by atoms with Gasteiger partial charge in [-0.25, -0.2) is 0 Å². The van der Waals surface area contributed by atoms with Crippen molar-refractivity contribution in [3.63, 3.8) is 0 Å². The second-order valence-corrected chi connectivity index (χ2v) is 10.6. The molecule has 1 amide bonds. The number of amides is 1. The summed E-state index contributed by atoms with van der Waals surface area (Å²) in [5.74, 6) is 0.717. The van der Waals surface area contributed by atoms with Gasteiger partial charge in [-0.15, -0.1) is 0 Å². The first-order valence-electron chi connectivity index (χ1n) is 13.5. The fourth-order valence-electron chi connectivity index (χ4n) is 6.11. The van der Waals surface area contributed by atoms with Gasteiger partial charge in [0, 0.05) is 30.1 Å². The van der Waals surface area contributed by atoms with Gasteiger partial charge in [0.1, 0.15) is 0 Å². The van der Waals surface area contributed by atoms with Crippen LogP contribution in [0.1, 0.15) is 73.8 Å². The zero-order valence-corrected chi connectivity index (χ0v) is 21.0. The highest BCUT2D eigenvalue weighted by atomic mass is 19.4. The third-order valence-corrected chi connectivity index (χ3v) is 8.14. The highest BCUT2D eigenvalue weighted by Crippen LogP contribution is 2.51. The van der Waals surface area contributed by atoms with Crippen LogP contribution in [0.3, 0.4) is 0 Å². The first-order chi connectivity index (χ1) is 17.9. The zero-order valence-electron chi connectivity index (χ0n) is 21.0. The van der Waals surface area contributed by atoms with Gasteiger partial charge in [-0.3, -0.25) is 4.79 Å². The van der Waals surface area contributed by atoms with Crippen molar-refractivity contribution in [2.45, 2.75) is 69.4 Å². The van der Waals surface area contributed by atoms with Gasteiger partial charge in [0.25, 0.3) is 0 Å². The lowest BCUT2D eigenvalue weighted by Gasteiger charge is -2.46. The summed E-state index contributed by atoms with van der Waals surface area (Å²) in [4.78, 5) is 12.5. The summed E-state index contributed by atoms with van der Waals surface area (Å²) in [5.41, 5.74) is 1.64. The van der Waals surface area contributed by atoms with Crippen LogP contribution in [0.4, 0.5) is 18.9 Å². The molecular formula is C29H36F3N3O2. The molecule has 0 radical (unpaired) electrons. The first-order valence-corrected chi connectivity index (χ1v) is 13.5. The minimum absolute atomic E-state index is 0.00433. The standard InChI is InChI=1S/C29H36F3N3O2/c30-29(31,32)21-9-12-25-24(17-21)28-23(27(35-25)20-6-2-1-3-7-20)11-10-22(37-28)18-34-26(36)8-4-5-19-13-15-33-16-14-19/h1-3,6-7,9,12,17,19,22-23,27-28,33,35H,4-5,8,10-11,13-16,18H2,(H,34,36)/t22-,23+,27+,28+/m1/s1. The van der Waals surface area contributed by atoms with Crippen molar-refractivity contribution in [3.05, 3.63) is 65.2 Å². The number of alkyl halides is 3. The lowest BCUT2D eigenvalue weighted by atomic mass is 9.76. The number of rotatable bonds is 7. The Morgan fingerprint density at radius 3 is 2.57 bits per heavy atom. The van der Waals surface area contributed by atoms with E-state index in [-0.39, 0.29) is 24.0 Å². The van der Waals surface area contributed by atoms with Crippen molar-refractivity contribution in [2.24, 2.45) is 11.8 Å². The molecule has 0 bridgehead atoms. The smallest absolute Gasteiger partial charge is 0.378 e. The van der Waals surface area contributed by atoms with E-state index in [0.29, 0.717) is 30.1 Å². The summed E-state index contributed by atoms with van der Waals surface area (Å²) in [6.45, 7) is 2.51. The van der Waals surface area contributed by atoms with Gasteiger partial charge in [0.15, 0.2) is 0 Å². The lowest BCUT2D eigenvalue weighted by Crippen LogP contribution is -2.43. The zero-order chi connectivity index (χ0) is 25.8. The predicted octanol–water partition coefficient (Wildman–Crippen LogP) is 5.99. The molecule has 200 valence electrons. The third kappa shape index (κ3) is 6.29. The highest BCUT2D eigenvalue weighted by Gasteiger charge is 2.43. The molecule has 3 aliphatic rings. The summed E-state index contributed by atoms with van der Waals surface area (Å²) < 4.78 is 47.0. The molecule has 4 atom stereocenters. The van der Waals surface area contributed by atoms with Crippen LogP contribution in [-0.2, 0) is 15.7 Å². The van der Waals surface area contributed by atoms with E-state index in [2.05, 4.69) is 16.0 Å². The highest BCUT2D eigenvalue weighted by molar-refractivity contribution is 5.75. The number of carbonyl (C=O) groups is 1. The van der Waals surface area contributed by atoms with Gasteiger partial charge in [-0.05, 0) is 81.3 Å². The van der Waals surface area contributed by atoms with Crippen LogP contribution in [0.15, 0.2) is 48.5 Å². The molecule has 5 rings (SSSR count). The van der Waals surface area contributed by atoms with Crippen molar-refractivity contribution in [3.8, 4) is 0 Å². The van der Waals surface area contributed by atoms with Gasteiger partial charge in [0.2, 0.25) is 5.91 Å². The van der Waals surface area contributed by atoms with Gasteiger partial charge < -0.3 is 20.7 Å². The Hall–Kier alpha value is -2.58. The molecule has 2 aromatic rings. The van der Waals surface area contributed by atoms with Crippen LogP contribution >= 0.6 is 0 Å². The van der Waals surface area contributed by atoms with E-state index >= 15 is 0 Å². The summed E-state index contributed by atoms with van der Waals surface area (Å²) >= 11 is 0. The maximum Gasteiger partial charge on any atom is 0.416 e. The average molecular weight is 516 g/mol. The van der Waals surface area contributed by atoms with Crippen LogP contribution in [0.25, 0.3) is 0 Å². The molecule has 0 spiro atoms. The fraction of sp³-hybridized carbons (Fsp3) is 0.552. The quantitative estimate of drug-likeness (QED) is 0.424. The largest absolute Gasteiger partial charge is 0.416 e. The third-order valence-electron chi connectivity index (χ3n) is 8.14. The van der Waals surface area contributed by atoms with Crippen molar-refractivity contribution in [1.29, 1.82) is 0 Å². The molecule has 37 heavy (non-hydrogen) atoms. The molecule has 2 aromatic carbocycles. The van der Waals surface area contributed by atoms with Crippen molar-refractivity contribution < 1.29 is 22.7 Å². The van der Waals surface area contributed by atoms with E-state index in [1.165, 1.54) is 25.0 Å². The molecule has 0 saturated carbocycles. The first kappa shape index (κ1) is 26.0. The number of hydrogen-bond donors (Lipinski definition) is 3. The second kappa shape index (κ2) is 11.4. The van der Waals surface area contributed by atoms with Crippen LogP contribution in [0.2, 0.25) is 0 Å². The molecule has 8 heteroatoms. The topological polar surface area (TPSA) is 62.4 Å². The van der Waals surface area contributed by atoms with Crippen molar-refractivity contribution >= 4 is 11.6 Å². The van der Waals surface area contributed by atoms with Crippen LogP contribution in [0.5, 0.6) is 0 Å². The minimum atomic E-state index is -4.42. The Labute approximate surface area is 216 Å². The van der Waals surface area contributed by atoms with Crippen LogP contribution in [0, 0.1) is 11.8 Å². The number of fused-ring (bicyclic) bond motifs is 3. The van der Waals surface area contributed by atoms with E-state index in [9.17, 15) is 18.0 Å². The Bertz CT molecular complexity index is 1060. The van der Waals surface area contributed by atoms with Gasteiger partial charge in [-0.1, -0.05) is 30.3 Å². The molecule has 3 heterocycles. The number of carbonyl (C=O) groups excluding carboxylic acids is 1. The molecule has 3 aliphatic heterocycles. The molecule has 2 saturated heterocycles. The Morgan fingerprint density at radius 2 is 1.81 bits per heavy atom. The number of nitrogens with one attached hydrogen (secondary N) is 3. The minimum Gasteiger partial charge on any atom is -0.378 e. The maximum atomic E-state index is 13.5. The van der Waals surface area contributed by atoms with E-state index in [1.807, 2.05) is 30.3 Å². The number of piperidine rings is 1. The van der Waals surface area contributed by atoms with Gasteiger partial charge in [0.05, 0.1) is 23.8 Å². The maximum absolute atomic E-state index is 13.5. The molecule has 2 fully saturated rings. The van der Waals surface area contributed by atoms with E-state index in [0.717, 1.165) is 50.4 Å². The SMILES string of the molecule is O=C(CCCC1CCNCC1)NC[C@H]1CC[C@@H]2[C@H](O1)c1cc(C(F)(F)F)ccc1N[C@H]2c1ccccc1. The summed E-state index contributed by atoms with van der Waals surface area (Å²) in [6, 6.07) is 13.8. The number of hydrogen-bond acceptors (Lipinski definition) is 4. The summed E-state index contributed by atoms with van der Waals surface area (Å²) in [6.07, 6.45) is 1.23. The number of anilines is 1. The Morgan fingerprint density at radius 1 is 1.03 bits per heavy atom. The van der Waals surface area contributed by atoms with Gasteiger partial charge >= 0.3 is 6.18 Å². The molecule has 0 aliphatic carbocycles. The van der Waals surface area contributed by atoms with Crippen LogP contribution in [-0.4, -0.2) is 31.6 Å². The fourth-order valence-corrected chi connectivity index (χ4v) is 6.11. The van der Waals surface area contributed by atoms with E-state index in [1.54, 1.807) is 0 Å². The number of ether oxygens (including phenoxy) is 1.